The summed E-state index contributed by atoms with van der Waals surface area (Å²) in [6.07, 6.45) is 7.90. The lowest BCUT2D eigenvalue weighted by Crippen LogP contribution is -2.18. The lowest BCUT2D eigenvalue weighted by atomic mass is 9.89. The molecule has 0 spiro atoms. The maximum absolute atomic E-state index is 11.7. The summed E-state index contributed by atoms with van der Waals surface area (Å²) in [7, 11) is 0. The van der Waals surface area contributed by atoms with Gasteiger partial charge in [0.05, 0.1) is 5.92 Å². The van der Waals surface area contributed by atoms with Crippen LogP contribution in [-0.4, -0.2) is 5.97 Å². The Hall–Kier alpha value is -1.75. The van der Waals surface area contributed by atoms with Crippen LogP contribution in [0, 0.1) is 17.9 Å². The minimum atomic E-state index is -0.159. The first-order chi connectivity index (χ1) is 8.36. The van der Waals surface area contributed by atoms with Crippen LogP contribution in [0.15, 0.2) is 30.3 Å². The first-order valence-corrected chi connectivity index (χ1v) is 6.13. The predicted molar refractivity (Wildman–Crippen MR) is 66.0 cm³/mol. The van der Waals surface area contributed by atoms with E-state index in [0.29, 0.717) is 0 Å². The van der Waals surface area contributed by atoms with Crippen molar-refractivity contribution in [3.8, 4) is 12.0 Å². The molecule has 0 aromatic heterocycles. The van der Waals surface area contributed by atoms with E-state index in [4.69, 9.17) is 4.74 Å². The van der Waals surface area contributed by atoms with Gasteiger partial charge in [-0.3, -0.25) is 4.79 Å². The minimum absolute atomic E-state index is 0.0637. The molecule has 0 unspecified atom stereocenters. The third-order valence-electron chi connectivity index (χ3n) is 3.06. The summed E-state index contributed by atoms with van der Waals surface area (Å²) in [6.45, 7) is 0. The summed E-state index contributed by atoms with van der Waals surface area (Å²) < 4.78 is 4.99. The van der Waals surface area contributed by atoms with Gasteiger partial charge in [0.1, 0.15) is 6.11 Å². The fourth-order valence-corrected chi connectivity index (χ4v) is 2.08. The van der Waals surface area contributed by atoms with E-state index >= 15 is 0 Å². The lowest BCUT2D eigenvalue weighted by molar-refractivity contribution is -0.142. The fraction of sp³-hybridized carbons (Fsp3) is 0.400. The second-order valence-corrected chi connectivity index (χ2v) is 4.35. The van der Waals surface area contributed by atoms with Crippen LogP contribution in [0.2, 0.25) is 0 Å². The molecule has 0 heterocycles. The molecule has 2 nitrogen and oxygen atoms in total. The summed E-state index contributed by atoms with van der Waals surface area (Å²) in [5, 5.41) is 0. The molecule has 0 bridgehead atoms. The summed E-state index contributed by atoms with van der Waals surface area (Å²) in [5.41, 5.74) is 0.865. The van der Waals surface area contributed by atoms with Gasteiger partial charge in [-0.2, -0.15) is 0 Å². The van der Waals surface area contributed by atoms with Crippen LogP contribution in [0.4, 0.5) is 0 Å². The number of carbonyl (C=O) groups excluding carboxylic acids is 1. The highest BCUT2D eigenvalue weighted by atomic mass is 16.5. The molecule has 2 rings (SSSR count). The number of hydrogen-bond acceptors (Lipinski definition) is 2. The van der Waals surface area contributed by atoms with Crippen molar-refractivity contribution in [3.05, 3.63) is 35.9 Å². The average molecular weight is 228 g/mol. The number of benzene rings is 1. The quantitative estimate of drug-likeness (QED) is 0.545. The first-order valence-electron chi connectivity index (χ1n) is 6.13. The van der Waals surface area contributed by atoms with Crippen LogP contribution >= 0.6 is 0 Å². The van der Waals surface area contributed by atoms with E-state index in [1.165, 1.54) is 6.42 Å². The maximum atomic E-state index is 11.7. The SMILES string of the molecule is O=C(OC#Cc1ccccc1)C1CCCCC1. The van der Waals surface area contributed by atoms with E-state index in [-0.39, 0.29) is 11.9 Å². The molecular weight excluding hydrogens is 212 g/mol. The van der Waals surface area contributed by atoms with Crippen LogP contribution in [0.1, 0.15) is 37.7 Å². The zero-order valence-electron chi connectivity index (χ0n) is 9.82. The highest BCUT2D eigenvalue weighted by molar-refractivity contribution is 5.73. The average Bonchev–Trinajstić information content (AvgIpc) is 2.41. The Morgan fingerprint density at radius 3 is 2.53 bits per heavy atom. The molecule has 1 aromatic rings. The summed E-state index contributed by atoms with van der Waals surface area (Å²) in [4.78, 5) is 11.7. The zero-order valence-corrected chi connectivity index (χ0v) is 9.82. The molecule has 0 aliphatic heterocycles. The number of ether oxygens (including phenoxy) is 1. The Bertz CT molecular complexity index is 419. The molecule has 1 saturated carbocycles. The largest absolute Gasteiger partial charge is 0.372 e. The van der Waals surface area contributed by atoms with Crippen molar-refractivity contribution in [2.75, 3.05) is 0 Å². The molecule has 0 radical (unpaired) electrons. The third kappa shape index (κ3) is 3.64. The number of rotatable bonds is 1. The molecule has 0 saturated heterocycles. The Morgan fingerprint density at radius 2 is 1.82 bits per heavy atom. The molecule has 17 heavy (non-hydrogen) atoms. The van der Waals surface area contributed by atoms with E-state index in [1.807, 2.05) is 30.3 Å². The van der Waals surface area contributed by atoms with Crippen molar-refractivity contribution in [1.82, 2.24) is 0 Å². The van der Waals surface area contributed by atoms with E-state index < -0.39 is 0 Å². The Morgan fingerprint density at radius 1 is 1.12 bits per heavy atom. The van der Waals surface area contributed by atoms with Crippen LogP contribution in [0.5, 0.6) is 0 Å². The van der Waals surface area contributed by atoms with E-state index in [9.17, 15) is 4.79 Å². The van der Waals surface area contributed by atoms with Gasteiger partial charge in [-0.25, -0.2) is 0 Å². The maximum Gasteiger partial charge on any atom is 0.322 e. The summed E-state index contributed by atoms with van der Waals surface area (Å²) in [6, 6.07) is 9.53. The fourth-order valence-electron chi connectivity index (χ4n) is 2.08. The monoisotopic (exact) mass is 228 g/mol. The van der Waals surface area contributed by atoms with Gasteiger partial charge in [-0.15, -0.1) is 0 Å². The molecule has 0 atom stereocenters. The first kappa shape index (κ1) is 11.7. The molecule has 1 aromatic carbocycles. The molecular formula is C15H16O2. The summed E-state index contributed by atoms with van der Waals surface area (Å²) in [5.74, 6) is 2.73. The topological polar surface area (TPSA) is 26.3 Å². The van der Waals surface area contributed by atoms with Crippen molar-refractivity contribution in [1.29, 1.82) is 0 Å². The molecule has 2 heteroatoms. The van der Waals surface area contributed by atoms with E-state index in [0.717, 1.165) is 31.2 Å². The van der Waals surface area contributed by atoms with Crippen molar-refractivity contribution < 1.29 is 9.53 Å². The minimum Gasteiger partial charge on any atom is -0.372 e. The third-order valence-corrected chi connectivity index (χ3v) is 3.06. The predicted octanol–water partition coefficient (Wildman–Crippen LogP) is 3.12. The standard InChI is InChI=1S/C15H16O2/c16-15(14-9-5-2-6-10-14)17-12-11-13-7-3-1-4-8-13/h1,3-4,7-8,14H,2,5-6,9-10H2. The van der Waals surface area contributed by atoms with Gasteiger partial charge in [0.25, 0.3) is 0 Å². The lowest BCUT2D eigenvalue weighted by Gasteiger charge is -2.17. The van der Waals surface area contributed by atoms with Crippen molar-refractivity contribution >= 4 is 5.97 Å². The molecule has 0 amide bonds. The number of carbonyl (C=O) groups is 1. The molecule has 1 aliphatic rings. The van der Waals surface area contributed by atoms with Gasteiger partial charge in [0, 0.05) is 5.56 Å². The van der Waals surface area contributed by atoms with Crippen LogP contribution in [0.25, 0.3) is 0 Å². The molecule has 1 aliphatic carbocycles. The van der Waals surface area contributed by atoms with Gasteiger partial charge < -0.3 is 4.74 Å². The number of hydrogen-bond donors (Lipinski definition) is 0. The molecule has 0 N–H and O–H groups in total. The zero-order chi connectivity index (χ0) is 11.9. The van der Waals surface area contributed by atoms with Crippen molar-refractivity contribution in [3.63, 3.8) is 0 Å². The van der Waals surface area contributed by atoms with E-state index in [2.05, 4.69) is 12.0 Å². The smallest absolute Gasteiger partial charge is 0.322 e. The highest BCUT2D eigenvalue weighted by Gasteiger charge is 2.21. The van der Waals surface area contributed by atoms with Gasteiger partial charge in [-0.05, 0) is 30.9 Å². The van der Waals surface area contributed by atoms with Gasteiger partial charge in [0.15, 0.2) is 0 Å². The van der Waals surface area contributed by atoms with Crippen LogP contribution < -0.4 is 0 Å². The van der Waals surface area contributed by atoms with E-state index in [1.54, 1.807) is 0 Å². The van der Waals surface area contributed by atoms with Gasteiger partial charge in [-0.1, -0.05) is 37.5 Å². The highest BCUT2D eigenvalue weighted by Crippen LogP contribution is 2.24. The Balaban J connectivity index is 1.85. The second-order valence-electron chi connectivity index (χ2n) is 4.35. The van der Waals surface area contributed by atoms with Crippen LogP contribution in [-0.2, 0) is 9.53 Å². The Kier molecular flexibility index (Phi) is 4.21. The molecule has 1 fully saturated rings. The van der Waals surface area contributed by atoms with Crippen LogP contribution in [0.3, 0.4) is 0 Å². The summed E-state index contributed by atoms with van der Waals surface area (Å²) >= 11 is 0. The number of esters is 1. The molecule has 88 valence electrons. The van der Waals surface area contributed by atoms with Gasteiger partial charge >= 0.3 is 5.97 Å². The van der Waals surface area contributed by atoms with Crippen molar-refractivity contribution in [2.24, 2.45) is 5.92 Å². The second kappa shape index (κ2) is 6.10. The van der Waals surface area contributed by atoms with Crippen molar-refractivity contribution in [2.45, 2.75) is 32.1 Å². The normalized spacial score (nSPS) is 15.8. The van der Waals surface area contributed by atoms with Gasteiger partial charge in [0.2, 0.25) is 0 Å². The Labute approximate surface area is 102 Å².